The molecule has 0 aliphatic carbocycles. The Labute approximate surface area is 145 Å². The van der Waals surface area contributed by atoms with Crippen LogP contribution in [0.1, 0.15) is 16.5 Å². The summed E-state index contributed by atoms with van der Waals surface area (Å²) in [6, 6.07) is 9.62. The Hall–Kier alpha value is -2.39. The number of nitrogens with one attached hydrogen (secondary N) is 2. The van der Waals surface area contributed by atoms with E-state index < -0.39 is 0 Å². The molecule has 0 bridgehead atoms. The van der Waals surface area contributed by atoms with E-state index in [0.717, 1.165) is 10.4 Å². The highest BCUT2D eigenvalue weighted by Gasteiger charge is 2.18. The minimum absolute atomic E-state index is 0.153. The monoisotopic (exact) mass is 363 g/mol. The molecule has 1 atom stereocenters. The molecular weight excluding hydrogens is 349 g/mol. The number of H-pyrrole nitrogens is 1. The van der Waals surface area contributed by atoms with Crippen LogP contribution in [-0.2, 0) is 4.79 Å². The number of hydrogen-bond donors (Lipinski definition) is 3. The van der Waals surface area contributed by atoms with Crippen molar-refractivity contribution in [3.8, 4) is 0 Å². The van der Waals surface area contributed by atoms with Crippen LogP contribution in [0.25, 0.3) is 0 Å². The van der Waals surface area contributed by atoms with E-state index in [0.29, 0.717) is 5.16 Å². The topological polar surface area (TPSA) is 96.7 Å². The fourth-order valence-electron chi connectivity index (χ4n) is 2.08. The molecule has 0 unspecified atom stereocenters. The van der Waals surface area contributed by atoms with E-state index in [9.17, 15) is 9.18 Å². The van der Waals surface area contributed by atoms with Crippen molar-refractivity contribution in [3.05, 3.63) is 58.0 Å². The molecule has 0 saturated carbocycles. The molecule has 1 amide bonds. The number of thioether (sulfide) groups is 1. The van der Waals surface area contributed by atoms with Crippen molar-refractivity contribution in [3.63, 3.8) is 0 Å². The normalized spacial score (nSPS) is 12.0. The summed E-state index contributed by atoms with van der Waals surface area (Å²) in [4.78, 5) is 17.2. The van der Waals surface area contributed by atoms with Gasteiger partial charge in [0.15, 0.2) is 0 Å². The van der Waals surface area contributed by atoms with Crippen molar-refractivity contribution in [1.29, 1.82) is 0 Å². The van der Waals surface area contributed by atoms with Crippen molar-refractivity contribution in [2.45, 2.75) is 11.2 Å². The second-order valence-corrected chi connectivity index (χ2v) is 6.78. The first-order valence-electron chi connectivity index (χ1n) is 7.01. The van der Waals surface area contributed by atoms with E-state index in [2.05, 4.69) is 20.5 Å². The predicted octanol–water partition coefficient (Wildman–Crippen LogP) is 2.59. The second-order valence-electron chi connectivity index (χ2n) is 4.86. The van der Waals surface area contributed by atoms with Crippen LogP contribution in [0.15, 0.2) is 46.9 Å². The highest BCUT2D eigenvalue weighted by atomic mass is 32.2. The van der Waals surface area contributed by atoms with Gasteiger partial charge in [0.25, 0.3) is 0 Å². The molecule has 0 spiro atoms. The Morgan fingerprint density at radius 3 is 2.79 bits per heavy atom. The summed E-state index contributed by atoms with van der Waals surface area (Å²) in [5.41, 5.74) is 6.26. The van der Waals surface area contributed by atoms with Gasteiger partial charge in [0.1, 0.15) is 5.82 Å². The third-order valence-electron chi connectivity index (χ3n) is 3.15. The van der Waals surface area contributed by atoms with E-state index in [1.165, 1.54) is 35.2 Å². The van der Waals surface area contributed by atoms with Crippen LogP contribution in [0.3, 0.4) is 0 Å². The number of nitrogen functional groups attached to an aromatic ring is 1. The smallest absolute Gasteiger partial charge is 0.231 e. The molecule has 0 aliphatic rings. The molecule has 2 aromatic heterocycles. The van der Waals surface area contributed by atoms with Gasteiger partial charge in [-0.05, 0) is 29.1 Å². The molecule has 0 fully saturated rings. The number of nitrogens with two attached hydrogens (primary N) is 1. The predicted molar refractivity (Wildman–Crippen MR) is 92.2 cm³/mol. The first-order chi connectivity index (χ1) is 11.6. The standard InChI is InChI=1S/C15H14FN5OS2/c16-10-5-3-9(4-6-10)13(11-2-1-7-23-11)18-12(22)8-24-15-19-14(17)20-21-15/h1-7,13H,8H2,(H,18,22)(H3,17,19,20,21)/t13-/m0/s1. The Balaban J connectivity index is 1.69. The lowest BCUT2D eigenvalue weighted by Crippen LogP contribution is -2.30. The third kappa shape index (κ3) is 4.12. The van der Waals surface area contributed by atoms with Gasteiger partial charge in [-0.3, -0.25) is 4.79 Å². The summed E-state index contributed by atoms with van der Waals surface area (Å²) in [5, 5.41) is 11.7. The Bertz CT molecular complexity index is 804. The van der Waals surface area contributed by atoms with E-state index in [4.69, 9.17) is 5.73 Å². The Morgan fingerprint density at radius 2 is 2.17 bits per heavy atom. The lowest BCUT2D eigenvalue weighted by atomic mass is 10.1. The average Bonchev–Trinajstić information content (AvgIpc) is 3.23. The highest BCUT2D eigenvalue weighted by Crippen LogP contribution is 2.26. The van der Waals surface area contributed by atoms with Crippen molar-refractivity contribution in [2.75, 3.05) is 11.5 Å². The zero-order valence-corrected chi connectivity index (χ0v) is 14.0. The quantitative estimate of drug-likeness (QED) is 0.585. The number of aromatic amines is 1. The number of anilines is 1. The molecule has 124 valence electrons. The molecule has 24 heavy (non-hydrogen) atoms. The van der Waals surface area contributed by atoms with Gasteiger partial charge in [-0.25, -0.2) is 9.49 Å². The van der Waals surface area contributed by atoms with E-state index >= 15 is 0 Å². The number of thiophene rings is 1. The zero-order valence-electron chi connectivity index (χ0n) is 12.4. The number of hydrogen-bond acceptors (Lipinski definition) is 6. The van der Waals surface area contributed by atoms with Crippen molar-refractivity contribution >= 4 is 35.0 Å². The van der Waals surface area contributed by atoms with Gasteiger partial charge in [-0.1, -0.05) is 30.0 Å². The molecule has 9 heteroatoms. The fraction of sp³-hybridized carbons (Fsp3) is 0.133. The molecular formula is C15H14FN5OS2. The zero-order chi connectivity index (χ0) is 16.9. The molecule has 2 heterocycles. The molecule has 1 aromatic carbocycles. The van der Waals surface area contributed by atoms with Gasteiger partial charge in [0.05, 0.1) is 11.8 Å². The average molecular weight is 363 g/mol. The molecule has 0 saturated heterocycles. The van der Waals surface area contributed by atoms with Crippen LogP contribution >= 0.6 is 23.1 Å². The van der Waals surface area contributed by atoms with Crippen LogP contribution < -0.4 is 11.1 Å². The summed E-state index contributed by atoms with van der Waals surface area (Å²) < 4.78 is 13.2. The van der Waals surface area contributed by atoms with Gasteiger partial charge in [0, 0.05) is 4.88 Å². The summed E-state index contributed by atoms with van der Waals surface area (Å²) in [5.74, 6) is -0.125. The van der Waals surface area contributed by atoms with Crippen LogP contribution in [0.4, 0.5) is 10.3 Å². The van der Waals surface area contributed by atoms with Crippen molar-refractivity contribution in [2.24, 2.45) is 0 Å². The third-order valence-corrected chi connectivity index (χ3v) is 4.94. The number of carbonyl (C=O) groups excluding carboxylic acids is 1. The van der Waals surface area contributed by atoms with Crippen LogP contribution in [0.5, 0.6) is 0 Å². The summed E-state index contributed by atoms with van der Waals surface area (Å²) in [7, 11) is 0. The summed E-state index contributed by atoms with van der Waals surface area (Å²) >= 11 is 2.71. The maximum atomic E-state index is 13.2. The SMILES string of the molecule is Nc1nc(SCC(=O)N[C@@H](c2ccc(F)cc2)c2cccs2)n[nH]1. The van der Waals surface area contributed by atoms with Crippen LogP contribution in [0, 0.1) is 5.82 Å². The highest BCUT2D eigenvalue weighted by molar-refractivity contribution is 7.99. The number of amides is 1. The number of rotatable bonds is 6. The van der Waals surface area contributed by atoms with Gasteiger partial charge in [-0.15, -0.1) is 16.4 Å². The number of benzene rings is 1. The fourth-order valence-corrected chi connectivity index (χ4v) is 3.50. The van der Waals surface area contributed by atoms with Crippen molar-refractivity contribution < 1.29 is 9.18 Å². The minimum Gasteiger partial charge on any atom is -0.368 e. The number of nitrogens with zero attached hydrogens (tertiary/aromatic N) is 2. The van der Waals surface area contributed by atoms with Gasteiger partial charge in [-0.2, -0.15) is 4.98 Å². The van der Waals surface area contributed by atoms with Crippen LogP contribution in [0.2, 0.25) is 0 Å². The molecule has 3 rings (SSSR count). The molecule has 0 aliphatic heterocycles. The van der Waals surface area contributed by atoms with Crippen LogP contribution in [-0.4, -0.2) is 26.8 Å². The van der Waals surface area contributed by atoms with E-state index in [-0.39, 0.29) is 29.5 Å². The lowest BCUT2D eigenvalue weighted by Gasteiger charge is -2.18. The number of carbonyl (C=O) groups is 1. The maximum Gasteiger partial charge on any atom is 0.231 e. The first kappa shape index (κ1) is 16.5. The molecule has 4 N–H and O–H groups in total. The van der Waals surface area contributed by atoms with Gasteiger partial charge >= 0.3 is 0 Å². The second kappa shape index (κ2) is 7.45. The summed E-state index contributed by atoms with van der Waals surface area (Å²) in [6.45, 7) is 0. The van der Waals surface area contributed by atoms with Gasteiger partial charge < -0.3 is 11.1 Å². The maximum absolute atomic E-state index is 13.2. The first-order valence-corrected chi connectivity index (χ1v) is 8.87. The van der Waals surface area contributed by atoms with Crippen molar-refractivity contribution in [1.82, 2.24) is 20.5 Å². The number of halogens is 1. The minimum atomic E-state index is -0.323. The van der Waals surface area contributed by atoms with E-state index in [1.54, 1.807) is 12.1 Å². The van der Waals surface area contributed by atoms with E-state index in [1.807, 2.05) is 17.5 Å². The largest absolute Gasteiger partial charge is 0.368 e. The lowest BCUT2D eigenvalue weighted by molar-refractivity contribution is -0.119. The summed E-state index contributed by atoms with van der Waals surface area (Å²) in [6.07, 6.45) is 0. The molecule has 0 radical (unpaired) electrons. The molecule has 3 aromatic rings. The Kier molecular flexibility index (Phi) is 5.11. The van der Waals surface area contributed by atoms with Gasteiger partial charge in [0.2, 0.25) is 17.0 Å². The molecule has 6 nitrogen and oxygen atoms in total. The number of aromatic nitrogens is 3. The Morgan fingerprint density at radius 1 is 1.38 bits per heavy atom.